The monoisotopic (exact) mass is 235 g/mol. The second kappa shape index (κ2) is 4.41. The van der Waals surface area contributed by atoms with Gasteiger partial charge in [-0.1, -0.05) is 17.7 Å². The Morgan fingerprint density at radius 2 is 2.12 bits per heavy atom. The lowest BCUT2D eigenvalue weighted by atomic mass is 10.0. The number of aldehydes is 1. The topological polar surface area (TPSA) is 30.0 Å². The minimum absolute atomic E-state index is 0.0261. The van der Waals surface area contributed by atoms with E-state index in [4.69, 9.17) is 11.6 Å². The summed E-state index contributed by atoms with van der Waals surface area (Å²) in [4.78, 5) is 14.7. The van der Waals surface area contributed by atoms with E-state index in [2.05, 4.69) is 4.98 Å². The maximum absolute atomic E-state index is 13.0. The van der Waals surface area contributed by atoms with Gasteiger partial charge >= 0.3 is 0 Å². The van der Waals surface area contributed by atoms with Crippen molar-refractivity contribution in [1.82, 2.24) is 4.98 Å². The molecule has 0 aliphatic rings. The number of nitrogens with zero attached hydrogens (tertiary/aromatic N) is 1. The molecule has 0 bridgehead atoms. The highest BCUT2D eigenvalue weighted by Crippen LogP contribution is 2.26. The van der Waals surface area contributed by atoms with Crippen LogP contribution in [0.3, 0.4) is 0 Å². The molecule has 0 aliphatic carbocycles. The molecular weight excluding hydrogens is 229 g/mol. The van der Waals surface area contributed by atoms with E-state index < -0.39 is 5.82 Å². The van der Waals surface area contributed by atoms with Gasteiger partial charge in [0.25, 0.3) is 0 Å². The summed E-state index contributed by atoms with van der Waals surface area (Å²) in [6.07, 6.45) is 3.81. The quantitative estimate of drug-likeness (QED) is 0.747. The average Bonchev–Trinajstić information content (AvgIpc) is 2.32. The van der Waals surface area contributed by atoms with Crippen molar-refractivity contribution in [2.24, 2.45) is 0 Å². The van der Waals surface area contributed by atoms with Crippen LogP contribution in [0.2, 0.25) is 5.02 Å². The summed E-state index contributed by atoms with van der Waals surface area (Å²) in [5, 5.41) is 0.0261. The number of carbonyl (C=O) groups excluding carboxylic acids is 1. The molecule has 0 atom stereocenters. The van der Waals surface area contributed by atoms with E-state index in [1.807, 2.05) is 0 Å². The zero-order valence-corrected chi connectivity index (χ0v) is 8.91. The van der Waals surface area contributed by atoms with Gasteiger partial charge in [-0.3, -0.25) is 9.78 Å². The Bertz CT molecular complexity index is 542. The summed E-state index contributed by atoms with van der Waals surface area (Å²) in [5.74, 6) is -0.484. The summed E-state index contributed by atoms with van der Waals surface area (Å²) in [7, 11) is 0. The molecule has 80 valence electrons. The van der Waals surface area contributed by atoms with E-state index in [-0.39, 0.29) is 5.02 Å². The molecule has 0 saturated heterocycles. The maximum Gasteiger partial charge on any atom is 0.150 e. The molecule has 1 aromatic heterocycles. The molecule has 2 rings (SSSR count). The summed E-state index contributed by atoms with van der Waals surface area (Å²) < 4.78 is 13.0. The minimum atomic E-state index is -0.484. The van der Waals surface area contributed by atoms with Crippen molar-refractivity contribution in [3.63, 3.8) is 0 Å². The normalized spacial score (nSPS) is 10.1. The van der Waals surface area contributed by atoms with E-state index in [9.17, 15) is 9.18 Å². The number of pyridine rings is 1. The summed E-state index contributed by atoms with van der Waals surface area (Å²) in [6.45, 7) is 0. The number of hydrogen-bond donors (Lipinski definition) is 0. The first-order chi connectivity index (χ1) is 7.72. The van der Waals surface area contributed by atoms with Gasteiger partial charge < -0.3 is 0 Å². The standard InChI is InChI=1S/C12H7ClFNO/c13-11-5-8(1-2-12(11)14)10-6-15-4-3-9(10)7-16/h1-7H. The van der Waals surface area contributed by atoms with Crippen molar-refractivity contribution in [1.29, 1.82) is 0 Å². The number of benzene rings is 1. The molecule has 4 heteroatoms. The van der Waals surface area contributed by atoms with Crippen molar-refractivity contribution in [3.05, 3.63) is 53.1 Å². The van der Waals surface area contributed by atoms with Crippen LogP contribution < -0.4 is 0 Å². The van der Waals surface area contributed by atoms with Crippen molar-refractivity contribution in [3.8, 4) is 11.1 Å². The molecule has 0 unspecified atom stereocenters. The van der Waals surface area contributed by atoms with Crippen molar-refractivity contribution < 1.29 is 9.18 Å². The molecular formula is C12H7ClFNO. The van der Waals surface area contributed by atoms with Gasteiger partial charge in [0.2, 0.25) is 0 Å². The van der Waals surface area contributed by atoms with Gasteiger partial charge in [0.15, 0.2) is 6.29 Å². The number of aromatic nitrogens is 1. The van der Waals surface area contributed by atoms with Crippen LogP contribution >= 0.6 is 11.6 Å². The molecule has 16 heavy (non-hydrogen) atoms. The number of carbonyl (C=O) groups is 1. The third kappa shape index (κ3) is 1.95. The molecule has 1 heterocycles. The van der Waals surface area contributed by atoms with Crippen LogP contribution in [0.4, 0.5) is 4.39 Å². The van der Waals surface area contributed by atoms with Crippen LogP contribution in [0, 0.1) is 5.82 Å². The third-order valence-corrected chi connectivity index (χ3v) is 2.50. The highest BCUT2D eigenvalue weighted by Gasteiger charge is 2.07. The van der Waals surface area contributed by atoms with E-state index in [0.717, 1.165) is 6.29 Å². The third-order valence-electron chi connectivity index (χ3n) is 2.21. The van der Waals surface area contributed by atoms with Crippen LogP contribution in [-0.4, -0.2) is 11.3 Å². The fraction of sp³-hybridized carbons (Fsp3) is 0. The SMILES string of the molecule is O=Cc1ccncc1-c1ccc(F)c(Cl)c1. The van der Waals surface area contributed by atoms with Crippen LogP contribution in [0.1, 0.15) is 10.4 Å². The maximum atomic E-state index is 13.0. The van der Waals surface area contributed by atoms with Gasteiger partial charge in [-0.15, -0.1) is 0 Å². The Kier molecular flexibility index (Phi) is 2.97. The smallest absolute Gasteiger partial charge is 0.150 e. The fourth-order valence-corrected chi connectivity index (χ4v) is 1.59. The molecule has 0 radical (unpaired) electrons. The van der Waals surface area contributed by atoms with Gasteiger partial charge in [-0.05, 0) is 23.8 Å². The predicted molar refractivity (Wildman–Crippen MR) is 60.0 cm³/mol. The Morgan fingerprint density at radius 3 is 2.81 bits per heavy atom. The molecule has 2 aromatic rings. The molecule has 0 fully saturated rings. The van der Waals surface area contributed by atoms with Crippen LogP contribution in [0.15, 0.2) is 36.7 Å². The molecule has 0 N–H and O–H groups in total. The van der Waals surface area contributed by atoms with Crippen molar-refractivity contribution in [2.75, 3.05) is 0 Å². The molecule has 1 aromatic carbocycles. The molecule has 0 saturated carbocycles. The fourth-order valence-electron chi connectivity index (χ4n) is 1.41. The summed E-state index contributed by atoms with van der Waals surface area (Å²) in [6, 6.07) is 5.89. The number of halogens is 2. The largest absolute Gasteiger partial charge is 0.298 e. The number of rotatable bonds is 2. The summed E-state index contributed by atoms with van der Waals surface area (Å²) >= 11 is 5.68. The van der Waals surface area contributed by atoms with Gasteiger partial charge in [0, 0.05) is 23.5 Å². The minimum Gasteiger partial charge on any atom is -0.298 e. The van der Waals surface area contributed by atoms with Gasteiger partial charge in [-0.25, -0.2) is 4.39 Å². The predicted octanol–water partition coefficient (Wildman–Crippen LogP) is 3.35. The van der Waals surface area contributed by atoms with E-state index in [1.165, 1.54) is 18.3 Å². The Labute approximate surface area is 96.7 Å². The zero-order valence-electron chi connectivity index (χ0n) is 8.15. The molecule has 0 spiro atoms. The molecule has 2 nitrogen and oxygen atoms in total. The molecule has 0 aliphatic heterocycles. The average molecular weight is 236 g/mol. The summed E-state index contributed by atoms with van der Waals surface area (Å²) in [5.41, 5.74) is 1.80. The van der Waals surface area contributed by atoms with Gasteiger partial charge in [0.1, 0.15) is 5.82 Å². The Balaban J connectivity index is 2.58. The van der Waals surface area contributed by atoms with Crippen LogP contribution in [0.5, 0.6) is 0 Å². The zero-order chi connectivity index (χ0) is 11.5. The lowest BCUT2D eigenvalue weighted by Gasteiger charge is -2.04. The second-order valence-electron chi connectivity index (χ2n) is 3.21. The lowest BCUT2D eigenvalue weighted by molar-refractivity contribution is 0.112. The number of hydrogen-bond acceptors (Lipinski definition) is 2. The molecule has 0 amide bonds. The van der Waals surface area contributed by atoms with Crippen LogP contribution in [0.25, 0.3) is 11.1 Å². The Morgan fingerprint density at radius 1 is 1.31 bits per heavy atom. The van der Waals surface area contributed by atoms with E-state index in [1.54, 1.807) is 18.3 Å². The van der Waals surface area contributed by atoms with Crippen molar-refractivity contribution >= 4 is 17.9 Å². The van der Waals surface area contributed by atoms with Gasteiger partial charge in [0.05, 0.1) is 5.02 Å². The second-order valence-corrected chi connectivity index (χ2v) is 3.62. The van der Waals surface area contributed by atoms with E-state index >= 15 is 0 Å². The highest BCUT2D eigenvalue weighted by molar-refractivity contribution is 6.31. The first kappa shape index (κ1) is 10.8. The van der Waals surface area contributed by atoms with E-state index in [0.29, 0.717) is 16.7 Å². The Hall–Kier alpha value is -1.74. The van der Waals surface area contributed by atoms with Crippen LogP contribution in [-0.2, 0) is 0 Å². The first-order valence-corrected chi connectivity index (χ1v) is 4.95. The van der Waals surface area contributed by atoms with Gasteiger partial charge in [-0.2, -0.15) is 0 Å². The first-order valence-electron chi connectivity index (χ1n) is 4.57. The highest BCUT2D eigenvalue weighted by atomic mass is 35.5. The van der Waals surface area contributed by atoms with Crippen molar-refractivity contribution in [2.45, 2.75) is 0 Å². The lowest BCUT2D eigenvalue weighted by Crippen LogP contribution is -1.89.